The van der Waals surface area contributed by atoms with E-state index >= 15 is 0 Å². The van der Waals surface area contributed by atoms with Gasteiger partial charge >= 0.3 is 0 Å². The number of fused-ring (bicyclic) bond motifs is 6. The molecule has 1 fully saturated rings. The first kappa shape index (κ1) is 26.2. The minimum absolute atomic E-state index is 0.113. The van der Waals surface area contributed by atoms with Gasteiger partial charge in [-0.05, 0) is 107 Å². The summed E-state index contributed by atoms with van der Waals surface area (Å²) < 4.78 is 27.3. The van der Waals surface area contributed by atoms with E-state index in [0.717, 1.165) is 78.0 Å². The molecule has 0 amide bonds. The second kappa shape index (κ2) is 10.2. The molecular weight excluding hydrogens is 489 g/mol. The van der Waals surface area contributed by atoms with E-state index in [1.54, 1.807) is 6.07 Å². The number of pyridine rings is 1. The second-order valence-electron chi connectivity index (χ2n) is 11.9. The van der Waals surface area contributed by atoms with Gasteiger partial charge in [0.05, 0.1) is 16.7 Å². The van der Waals surface area contributed by atoms with Gasteiger partial charge in [0.1, 0.15) is 12.4 Å². The summed E-state index contributed by atoms with van der Waals surface area (Å²) in [5.74, 6) is 2.18. The third-order valence-electron chi connectivity index (χ3n) is 9.63. The highest BCUT2D eigenvalue weighted by Gasteiger charge is 2.46. The van der Waals surface area contributed by atoms with Gasteiger partial charge in [0.2, 0.25) is 0 Å². The number of hydrogen-bond donors (Lipinski definition) is 0. The summed E-state index contributed by atoms with van der Waals surface area (Å²) >= 11 is 0. The average molecular weight is 530 g/mol. The Morgan fingerprint density at radius 3 is 2.79 bits per heavy atom. The highest BCUT2D eigenvalue weighted by Crippen LogP contribution is 2.46. The smallest absolute Gasteiger partial charge is 0.171 e. The number of ether oxygens (including phenoxy) is 2. The van der Waals surface area contributed by atoms with Crippen LogP contribution in [-0.4, -0.2) is 46.4 Å². The predicted octanol–water partition coefficient (Wildman–Crippen LogP) is 7.76. The van der Waals surface area contributed by atoms with Gasteiger partial charge in [-0.15, -0.1) is 0 Å². The molecule has 0 spiro atoms. The van der Waals surface area contributed by atoms with Crippen molar-refractivity contribution in [2.75, 3.05) is 13.2 Å². The van der Waals surface area contributed by atoms with Crippen molar-refractivity contribution in [3.8, 4) is 11.5 Å². The number of nitrogens with zero attached hydrogens (tertiary/aromatic N) is 3. The molecule has 1 aliphatic carbocycles. The number of halogens is 1. The Labute approximate surface area is 231 Å². The van der Waals surface area contributed by atoms with Crippen LogP contribution in [0, 0.1) is 18.7 Å². The Morgan fingerprint density at radius 1 is 1.15 bits per heavy atom. The second-order valence-corrected chi connectivity index (χ2v) is 11.9. The van der Waals surface area contributed by atoms with Crippen molar-refractivity contribution >= 4 is 22.3 Å². The largest absolute Gasteiger partial charge is 0.486 e. The standard InChI is InChI=1S/C33H40FN3O2/c1-6-21(4)37(18-22-9-12-28-25(16-22)26-17-23(34)10-13-29(26)36-28)33(5,7-2)31-19-38-30-15-14-27-24(32(30)39-31)11-8-20(3)35-27/h8,10-11,13-15,17,21-22,25,31H,6-7,9,12,16,18-19H2,1-5H3/t21?,22-,25?,31-,33?/m1/s1. The fourth-order valence-corrected chi connectivity index (χ4v) is 6.93. The van der Waals surface area contributed by atoms with Crippen molar-refractivity contribution in [3.05, 3.63) is 59.5 Å². The molecule has 0 saturated heterocycles. The van der Waals surface area contributed by atoms with Crippen LogP contribution in [0.5, 0.6) is 11.5 Å². The molecule has 6 heteroatoms. The van der Waals surface area contributed by atoms with E-state index in [-0.39, 0.29) is 23.4 Å². The molecule has 3 heterocycles. The molecule has 0 radical (unpaired) electrons. The topological polar surface area (TPSA) is 47.0 Å². The van der Waals surface area contributed by atoms with Crippen LogP contribution in [0.2, 0.25) is 0 Å². The van der Waals surface area contributed by atoms with Crippen molar-refractivity contribution < 1.29 is 13.9 Å². The van der Waals surface area contributed by atoms with Crippen molar-refractivity contribution in [3.63, 3.8) is 0 Å². The van der Waals surface area contributed by atoms with Gasteiger partial charge < -0.3 is 9.47 Å². The number of rotatable bonds is 7. The van der Waals surface area contributed by atoms with E-state index in [9.17, 15) is 4.39 Å². The highest BCUT2D eigenvalue weighted by atomic mass is 19.1. The van der Waals surface area contributed by atoms with Crippen LogP contribution < -0.4 is 9.47 Å². The van der Waals surface area contributed by atoms with Gasteiger partial charge in [-0.3, -0.25) is 14.9 Å². The fraction of sp³-hybridized carbons (Fsp3) is 0.515. The molecule has 1 saturated carbocycles. The highest BCUT2D eigenvalue weighted by molar-refractivity contribution is 5.98. The first-order valence-corrected chi connectivity index (χ1v) is 14.6. The molecule has 2 aliphatic heterocycles. The van der Waals surface area contributed by atoms with E-state index in [2.05, 4.69) is 38.7 Å². The van der Waals surface area contributed by atoms with E-state index < -0.39 is 0 Å². The molecule has 5 atom stereocenters. The molecule has 39 heavy (non-hydrogen) atoms. The molecular formula is C33H40FN3O2. The molecule has 0 bridgehead atoms. The summed E-state index contributed by atoms with van der Waals surface area (Å²) in [6, 6.07) is 13.6. The molecule has 206 valence electrons. The maximum atomic E-state index is 14.1. The van der Waals surface area contributed by atoms with Crippen LogP contribution in [0.25, 0.3) is 10.9 Å². The van der Waals surface area contributed by atoms with Gasteiger partial charge in [0.15, 0.2) is 17.6 Å². The summed E-state index contributed by atoms with van der Waals surface area (Å²) in [5.41, 5.74) is 4.96. The molecule has 2 aromatic carbocycles. The maximum absolute atomic E-state index is 14.1. The Balaban J connectivity index is 1.27. The third kappa shape index (κ3) is 4.61. The van der Waals surface area contributed by atoms with Gasteiger partial charge in [-0.2, -0.15) is 0 Å². The molecule has 5 nitrogen and oxygen atoms in total. The van der Waals surface area contributed by atoms with E-state index in [4.69, 9.17) is 19.5 Å². The lowest BCUT2D eigenvalue weighted by molar-refractivity contribution is -0.0677. The summed E-state index contributed by atoms with van der Waals surface area (Å²) in [7, 11) is 0. The normalized spacial score (nSPS) is 24.2. The summed E-state index contributed by atoms with van der Waals surface area (Å²) in [4.78, 5) is 12.3. The van der Waals surface area contributed by atoms with Crippen molar-refractivity contribution in [1.82, 2.24) is 9.88 Å². The zero-order valence-electron chi connectivity index (χ0n) is 23.8. The minimum atomic E-state index is -0.221. The van der Waals surface area contributed by atoms with Gasteiger partial charge in [-0.1, -0.05) is 13.8 Å². The van der Waals surface area contributed by atoms with E-state index in [1.165, 1.54) is 11.8 Å². The fourth-order valence-electron chi connectivity index (χ4n) is 6.93. The summed E-state index contributed by atoms with van der Waals surface area (Å²) in [6.45, 7) is 12.7. The van der Waals surface area contributed by atoms with Crippen LogP contribution in [0.3, 0.4) is 0 Å². The lowest BCUT2D eigenvalue weighted by atomic mass is 9.76. The molecule has 0 N–H and O–H groups in total. The van der Waals surface area contributed by atoms with Gasteiger partial charge in [-0.25, -0.2) is 4.39 Å². The van der Waals surface area contributed by atoms with Crippen molar-refractivity contribution in [1.29, 1.82) is 0 Å². The Bertz CT molecular complexity index is 1420. The molecule has 3 aromatic rings. The number of aliphatic imine (C=N–C) groups is 1. The van der Waals surface area contributed by atoms with E-state index in [1.807, 2.05) is 31.2 Å². The quantitative estimate of drug-likeness (QED) is 0.314. The van der Waals surface area contributed by atoms with Crippen LogP contribution in [-0.2, 0) is 0 Å². The lowest BCUT2D eigenvalue weighted by Crippen LogP contribution is -2.62. The summed E-state index contributed by atoms with van der Waals surface area (Å²) in [5, 5.41) is 1.00. The first-order valence-electron chi connectivity index (χ1n) is 14.6. The zero-order valence-corrected chi connectivity index (χ0v) is 23.8. The van der Waals surface area contributed by atoms with Crippen LogP contribution in [0.4, 0.5) is 10.1 Å². The predicted molar refractivity (Wildman–Crippen MR) is 155 cm³/mol. The van der Waals surface area contributed by atoms with Gasteiger partial charge in [0.25, 0.3) is 0 Å². The van der Waals surface area contributed by atoms with Crippen molar-refractivity contribution in [2.45, 2.75) is 90.3 Å². The maximum Gasteiger partial charge on any atom is 0.171 e. The SMILES string of the molecule is CCC(C)N(C[C@@H]1CCC2=Nc3ccc(F)cc3C2C1)C(C)(CC)[C@H]1COc2ccc3nc(C)ccc3c2O1. The van der Waals surface area contributed by atoms with Crippen LogP contribution >= 0.6 is 0 Å². The molecule has 3 aliphatic rings. The third-order valence-corrected chi connectivity index (χ3v) is 9.63. The Hall–Kier alpha value is -2.99. The van der Waals surface area contributed by atoms with Crippen LogP contribution in [0.15, 0.2) is 47.5 Å². The first-order chi connectivity index (χ1) is 18.8. The molecule has 1 aromatic heterocycles. The lowest BCUT2D eigenvalue weighted by Gasteiger charge is -2.51. The molecule has 6 rings (SSSR count). The molecule has 3 unspecified atom stereocenters. The zero-order chi connectivity index (χ0) is 27.3. The number of hydrogen-bond acceptors (Lipinski definition) is 5. The summed E-state index contributed by atoms with van der Waals surface area (Å²) in [6.07, 6.45) is 5.00. The van der Waals surface area contributed by atoms with Gasteiger partial charge in [0, 0.05) is 35.3 Å². The van der Waals surface area contributed by atoms with Crippen molar-refractivity contribution in [2.24, 2.45) is 10.9 Å². The number of benzene rings is 2. The Kier molecular flexibility index (Phi) is 6.86. The number of aromatic nitrogens is 1. The number of aryl methyl sites for hydroxylation is 1. The average Bonchev–Trinajstić information content (AvgIpc) is 3.31. The Morgan fingerprint density at radius 2 is 2.00 bits per heavy atom. The monoisotopic (exact) mass is 529 g/mol. The van der Waals surface area contributed by atoms with E-state index in [0.29, 0.717) is 18.6 Å². The minimum Gasteiger partial charge on any atom is -0.486 e. The van der Waals surface area contributed by atoms with Crippen LogP contribution in [0.1, 0.15) is 77.0 Å².